The predicted molar refractivity (Wildman–Crippen MR) is 340 cm³/mol. The van der Waals surface area contributed by atoms with Crippen LogP contribution in [0.4, 0.5) is 0 Å². The third kappa shape index (κ3) is 65.4. The molecular weight excluding hydrogens is 1580 g/mol. The Balaban J connectivity index is 4.05. The van der Waals surface area contributed by atoms with Gasteiger partial charge in [0.05, 0.1) is 139 Å². The summed E-state index contributed by atoms with van der Waals surface area (Å²) in [7, 11) is -50.0. The van der Waals surface area contributed by atoms with Gasteiger partial charge in [0.25, 0.3) is 0 Å². The van der Waals surface area contributed by atoms with Crippen molar-refractivity contribution >= 4 is 103 Å². The predicted octanol–water partition coefficient (Wildman–Crippen LogP) is 7.48. The van der Waals surface area contributed by atoms with E-state index >= 15 is 0 Å². The van der Waals surface area contributed by atoms with Crippen molar-refractivity contribution in [3.8, 4) is 0 Å². The van der Waals surface area contributed by atoms with E-state index in [9.17, 15) is 104 Å². The Hall–Kier alpha value is 1.07. The monoisotopic (exact) mass is 1680 g/mol. The summed E-state index contributed by atoms with van der Waals surface area (Å²) in [4.78, 5) is 119. The lowest BCUT2D eigenvalue weighted by Crippen LogP contribution is -2.24. The molecule has 0 heterocycles. The van der Waals surface area contributed by atoms with Gasteiger partial charge in [0.2, 0.25) is 5.91 Å². The van der Waals surface area contributed by atoms with Crippen molar-refractivity contribution in [1.82, 2.24) is 5.32 Å². The van der Waals surface area contributed by atoms with Crippen molar-refractivity contribution in [1.29, 1.82) is 0 Å². The molecule has 0 bridgehead atoms. The van der Waals surface area contributed by atoms with E-state index < -0.39 is 198 Å². The Kier molecular flexibility index (Phi) is 54.4. The van der Waals surface area contributed by atoms with Crippen LogP contribution < -0.4 is 5.32 Å². The number of hydrogen-bond donors (Lipinski definition) is 12. The maximum Gasteiger partial charge on any atom is 0.472 e. The lowest BCUT2D eigenvalue weighted by atomic mass is 10.2. The van der Waals surface area contributed by atoms with Crippen molar-refractivity contribution in [2.45, 2.75) is 96.3 Å². The molecule has 0 radical (unpaired) electrons. The van der Waals surface area contributed by atoms with Crippen LogP contribution in [-0.4, -0.2) is 224 Å². The first-order valence-electron chi connectivity index (χ1n) is 29.4. The van der Waals surface area contributed by atoms with Gasteiger partial charge in [0.15, 0.2) is 0 Å². The van der Waals surface area contributed by atoms with E-state index in [4.69, 9.17) is 77.3 Å². The number of carbonyl (C=O) groups is 1. The van der Waals surface area contributed by atoms with Crippen LogP contribution in [0.3, 0.4) is 0 Å². The van der Waals surface area contributed by atoms with Crippen LogP contribution >= 0.6 is 97.6 Å². The van der Waals surface area contributed by atoms with Crippen molar-refractivity contribution in [2.24, 2.45) is 0 Å². The molecule has 57 heteroatoms. The molecule has 11 unspecified atom stereocenters. The Morgan fingerprint density at radius 2 is 0.408 bits per heavy atom. The van der Waals surface area contributed by atoms with E-state index in [2.05, 4.69) is 27.9 Å². The molecular formula is C41H94NO44P11S. The maximum absolute atomic E-state index is 12.1. The molecule has 0 aliphatic rings. The van der Waals surface area contributed by atoms with Gasteiger partial charge in [0.1, 0.15) is 0 Å². The second-order valence-corrected chi connectivity index (χ2v) is 36.4. The summed E-state index contributed by atoms with van der Waals surface area (Å²) < 4.78 is 231. The van der Waals surface area contributed by atoms with Crippen LogP contribution in [0.1, 0.15) is 96.3 Å². The zero-order valence-electron chi connectivity index (χ0n) is 53.6. The topological polar surface area (TPSA) is 633 Å². The molecule has 0 spiro atoms. The molecule has 1 amide bonds. The quantitative estimate of drug-likeness (QED) is 0.0207. The summed E-state index contributed by atoms with van der Waals surface area (Å²) in [5, 5.41) is 2.81. The fraction of sp³-hybridized carbons (Fsp3) is 0.976. The fourth-order valence-corrected chi connectivity index (χ4v) is 14.7. The SMILES string of the molecule is CSCCC(=O)NCCCCCCOP(=O)(O)OCCCOP(=O)(O)OCCCOP(=O)(O)OCCCOP(=O)(O)OCCCOP(=O)(O)OCCCOP(=O)(O)OCCCOP(=O)(O)OCCCOP(=O)(O)OCCCOP(=O)(O)OCCCOP(=O)(O)OCCCOP(C)(=O)O. The molecule has 0 saturated carbocycles. The third-order valence-electron chi connectivity index (χ3n) is 10.2. The largest absolute Gasteiger partial charge is 0.472 e. The van der Waals surface area contributed by atoms with Crippen molar-refractivity contribution < 1.29 is 204 Å². The minimum Gasteiger partial charge on any atom is -0.356 e. The lowest BCUT2D eigenvalue weighted by Gasteiger charge is -2.15. The number of rotatable bonds is 71. The number of hydrogen-bond acceptors (Lipinski definition) is 34. The fourth-order valence-electron chi connectivity index (χ4n) is 5.89. The highest BCUT2D eigenvalue weighted by Crippen LogP contribution is 2.51. The number of carbonyl (C=O) groups excluding carboxylic acids is 1. The highest BCUT2D eigenvalue weighted by molar-refractivity contribution is 7.98. The average Bonchev–Trinajstić information content (AvgIpc) is 1.01. The summed E-state index contributed by atoms with van der Waals surface area (Å²) in [6, 6.07) is 0. The smallest absolute Gasteiger partial charge is 0.356 e. The van der Waals surface area contributed by atoms with Gasteiger partial charge in [-0.2, -0.15) is 11.8 Å². The Bertz CT molecular complexity index is 2720. The average molecular weight is 1680 g/mol. The van der Waals surface area contributed by atoms with Gasteiger partial charge in [0, 0.05) is 25.4 Å². The van der Waals surface area contributed by atoms with Gasteiger partial charge >= 0.3 is 85.8 Å². The zero-order chi connectivity index (χ0) is 74.2. The molecule has 0 aromatic carbocycles. The minimum atomic E-state index is -4.71. The molecule has 11 atom stereocenters. The molecule has 0 saturated heterocycles. The summed E-state index contributed by atoms with van der Waals surface area (Å²) in [5.41, 5.74) is 0. The Labute approximate surface area is 570 Å². The van der Waals surface area contributed by atoms with Gasteiger partial charge in [-0.1, -0.05) is 12.8 Å². The van der Waals surface area contributed by atoms with Gasteiger partial charge in [-0.15, -0.1) is 0 Å². The van der Waals surface area contributed by atoms with Crippen LogP contribution in [0.2, 0.25) is 0 Å². The summed E-state index contributed by atoms with van der Waals surface area (Å²) in [6.07, 6.45) is 3.20. The number of amides is 1. The molecule has 0 aliphatic heterocycles. The van der Waals surface area contributed by atoms with Crippen LogP contribution in [0, 0.1) is 0 Å². The summed E-state index contributed by atoms with van der Waals surface area (Å²) in [5.74, 6) is 0.729. The van der Waals surface area contributed by atoms with Gasteiger partial charge in [-0.05, 0) is 83.3 Å². The molecule has 0 rings (SSSR count). The molecule has 0 aliphatic carbocycles. The van der Waals surface area contributed by atoms with Crippen molar-refractivity contribution in [3.05, 3.63) is 0 Å². The van der Waals surface area contributed by atoms with E-state index in [0.717, 1.165) is 25.3 Å². The van der Waals surface area contributed by atoms with Crippen LogP contribution in [0.25, 0.3) is 0 Å². The lowest BCUT2D eigenvalue weighted by molar-refractivity contribution is -0.120. The van der Waals surface area contributed by atoms with Crippen LogP contribution in [-0.2, 0) is 150 Å². The van der Waals surface area contributed by atoms with Crippen LogP contribution in [0.5, 0.6) is 0 Å². The Morgan fingerprint density at radius 3 is 0.571 bits per heavy atom. The Morgan fingerprint density at radius 1 is 0.255 bits per heavy atom. The highest BCUT2D eigenvalue weighted by atomic mass is 32.2. The van der Waals surface area contributed by atoms with E-state index in [1.54, 1.807) is 11.8 Å². The number of unbranched alkanes of at least 4 members (excludes halogenated alkanes) is 3. The maximum atomic E-state index is 12.1. The molecule has 0 aromatic heterocycles. The number of phosphoric acid groups is 10. The molecule has 45 nitrogen and oxygen atoms in total. The van der Waals surface area contributed by atoms with E-state index in [-0.39, 0.29) is 96.5 Å². The van der Waals surface area contributed by atoms with Gasteiger partial charge < -0.3 is 63.7 Å². The first-order chi connectivity index (χ1) is 45.5. The number of nitrogens with one attached hydrogen (secondary N) is 1. The molecule has 98 heavy (non-hydrogen) atoms. The summed E-state index contributed by atoms with van der Waals surface area (Å²) in [6.45, 7) is -8.09. The first kappa shape index (κ1) is 99.1. The zero-order valence-corrected chi connectivity index (χ0v) is 64.2. The van der Waals surface area contributed by atoms with E-state index in [0.29, 0.717) is 25.8 Å². The second kappa shape index (κ2) is 53.8. The van der Waals surface area contributed by atoms with Gasteiger partial charge in [-0.3, -0.25) is 99.8 Å². The van der Waals surface area contributed by atoms with E-state index in [1.165, 1.54) is 0 Å². The molecule has 12 N–H and O–H groups in total. The highest BCUT2D eigenvalue weighted by Gasteiger charge is 2.30. The normalized spacial score (nSPS) is 19.0. The second-order valence-electron chi connectivity index (χ2n) is 19.0. The number of phosphoric ester groups is 10. The minimum absolute atomic E-state index is 0.000424. The van der Waals surface area contributed by atoms with Crippen LogP contribution in [0.15, 0.2) is 0 Å². The molecule has 0 fully saturated rings. The molecule has 0 aromatic rings. The molecule has 588 valence electrons. The third-order valence-corrected chi connectivity index (χ3v) is 21.7. The summed E-state index contributed by atoms with van der Waals surface area (Å²) >= 11 is 1.58. The van der Waals surface area contributed by atoms with Gasteiger partial charge in [-0.25, -0.2) is 45.7 Å². The van der Waals surface area contributed by atoms with Crippen molar-refractivity contribution in [2.75, 3.05) is 164 Å². The number of thioether (sulfide) groups is 1. The van der Waals surface area contributed by atoms with Crippen molar-refractivity contribution in [3.63, 3.8) is 0 Å². The first-order valence-corrected chi connectivity index (χ1v) is 47.8. The standard InChI is InChI=1S/C41H94NO44P11S/c1-87(44,45)66-20-7-21-68-89(48,49)70-24-9-25-72-91(52,53)74-28-11-29-76-93(56,57)78-32-13-33-80-95(60,61)82-36-15-37-84-97(64,65)86-39-16-38-85-96(62,63)83-35-14-34-81-94(58,59)79-31-12-30-77-92(54,55)75-27-10-26-73-90(50,51)71-23-8-22-69-88(46,47)67-19-6-4-3-5-18-42-41(43)17-40-98-2/h3-40H2,1-2H3,(H,42,43)(H,44,45)(H,46,47)(H,48,49)(H,50,51)(H,52,53)(H,54,55)(H,56,57)(H,58,59)(H,60,61)(H,62,63)(H,64,65). The van der Waals surface area contributed by atoms with E-state index in [1.807, 2.05) is 6.26 Å².